The molecule has 0 unspecified atom stereocenters. The van der Waals surface area contributed by atoms with E-state index < -0.39 is 23.1 Å². The second-order valence-electron chi connectivity index (χ2n) is 4.47. The summed E-state index contributed by atoms with van der Waals surface area (Å²) in [6.45, 7) is 6.32. The summed E-state index contributed by atoms with van der Waals surface area (Å²) in [5, 5.41) is 0. The molecule has 4 heteroatoms. The highest BCUT2D eigenvalue weighted by Crippen LogP contribution is 2.37. The van der Waals surface area contributed by atoms with Crippen LogP contribution in [0.3, 0.4) is 0 Å². The number of esters is 2. The minimum absolute atomic E-state index is 0.0614. The Balaban J connectivity index is 3.13. The molecule has 1 fully saturated rings. The van der Waals surface area contributed by atoms with E-state index in [1.54, 1.807) is 13.8 Å². The molecular formula is C14H16O4. The molecule has 0 aromatic carbocycles. The van der Waals surface area contributed by atoms with Crippen molar-refractivity contribution in [1.29, 1.82) is 0 Å². The van der Waals surface area contributed by atoms with Crippen molar-refractivity contribution in [2.75, 3.05) is 0 Å². The summed E-state index contributed by atoms with van der Waals surface area (Å²) in [5.74, 6) is 8.34. The van der Waals surface area contributed by atoms with E-state index >= 15 is 0 Å². The number of hydrogen-bond donors (Lipinski definition) is 0. The first-order valence-corrected chi connectivity index (χ1v) is 5.64. The van der Waals surface area contributed by atoms with Crippen molar-refractivity contribution in [3.8, 4) is 23.7 Å². The fraction of sp³-hybridized carbons (Fsp3) is 0.571. The Morgan fingerprint density at radius 3 is 1.67 bits per heavy atom. The minimum atomic E-state index is -1.42. The number of ether oxygens (including phenoxy) is 2. The highest BCUT2D eigenvalue weighted by molar-refractivity contribution is 6.02. The van der Waals surface area contributed by atoms with Gasteiger partial charge < -0.3 is 9.47 Å². The average molecular weight is 248 g/mol. The van der Waals surface area contributed by atoms with Crippen molar-refractivity contribution in [2.45, 2.75) is 46.3 Å². The maximum Gasteiger partial charge on any atom is 0.328 e. The molecule has 4 nitrogen and oxygen atoms in total. The molecule has 0 aliphatic carbocycles. The largest absolute Gasteiger partial charge is 0.422 e. The third-order valence-corrected chi connectivity index (χ3v) is 2.59. The summed E-state index contributed by atoms with van der Waals surface area (Å²) in [6.07, 6.45) is 0.123. The standard InChI is InChI=1S/C14H16O4/c1-5-7-9-14(10-8-6-2)11(15)17-13(3,4)18-12(14)16/h9-10H2,1-4H3. The predicted octanol–water partition coefficient (Wildman–Crippen LogP) is 1.64. The second-order valence-corrected chi connectivity index (χ2v) is 4.47. The van der Waals surface area contributed by atoms with Crippen LogP contribution in [0.15, 0.2) is 0 Å². The molecule has 0 spiro atoms. The molecule has 96 valence electrons. The predicted molar refractivity (Wildman–Crippen MR) is 64.8 cm³/mol. The molecule has 0 atom stereocenters. The summed E-state index contributed by atoms with van der Waals surface area (Å²) in [5.41, 5.74) is -1.42. The third kappa shape index (κ3) is 2.65. The molecule has 1 aliphatic heterocycles. The SMILES string of the molecule is CC#CCC1(CC#CC)C(=O)OC(C)(C)OC1=O. The van der Waals surface area contributed by atoms with Crippen LogP contribution in [0.2, 0.25) is 0 Å². The van der Waals surface area contributed by atoms with E-state index in [0.717, 1.165) is 0 Å². The normalized spacial score (nSPS) is 19.6. The number of cyclic esters (lactones) is 2. The van der Waals surface area contributed by atoms with E-state index in [1.807, 2.05) is 0 Å². The van der Waals surface area contributed by atoms with E-state index in [4.69, 9.17) is 9.47 Å². The summed E-state index contributed by atoms with van der Waals surface area (Å²) < 4.78 is 10.3. The van der Waals surface area contributed by atoms with Crippen LogP contribution in [0.25, 0.3) is 0 Å². The Morgan fingerprint density at radius 1 is 0.944 bits per heavy atom. The van der Waals surface area contributed by atoms with Crippen LogP contribution >= 0.6 is 0 Å². The Bertz CT molecular complexity index is 435. The zero-order valence-electron chi connectivity index (χ0n) is 11.0. The summed E-state index contributed by atoms with van der Waals surface area (Å²) >= 11 is 0. The van der Waals surface area contributed by atoms with Gasteiger partial charge in [-0.3, -0.25) is 9.59 Å². The van der Waals surface area contributed by atoms with Crippen LogP contribution < -0.4 is 0 Å². The van der Waals surface area contributed by atoms with Crippen LogP contribution in [0.5, 0.6) is 0 Å². The van der Waals surface area contributed by atoms with Gasteiger partial charge in [0.05, 0.1) is 0 Å². The molecule has 1 aliphatic rings. The van der Waals surface area contributed by atoms with Gasteiger partial charge in [0.1, 0.15) is 0 Å². The molecule has 18 heavy (non-hydrogen) atoms. The molecule has 1 rings (SSSR count). The lowest BCUT2D eigenvalue weighted by Gasteiger charge is -2.38. The van der Waals surface area contributed by atoms with Gasteiger partial charge in [-0.1, -0.05) is 0 Å². The van der Waals surface area contributed by atoms with Crippen molar-refractivity contribution >= 4 is 11.9 Å². The van der Waals surface area contributed by atoms with E-state index in [2.05, 4.69) is 23.7 Å². The topological polar surface area (TPSA) is 52.6 Å². The first kappa shape index (κ1) is 14.1. The number of carbonyl (C=O) groups is 2. The van der Waals surface area contributed by atoms with Crippen LogP contribution in [0, 0.1) is 29.1 Å². The lowest BCUT2D eigenvalue weighted by Crippen LogP contribution is -2.53. The van der Waals surface area contributed by atoms with Gasteiger partial charge in [-0.25, -0.2) is 0 Å². The third-order valence-electron chi connectivity index (χ3n) is 2.59. The minimum Gasteiger partial charge on any atom is -0.422 e. The van der Waals surface area contributed by atoms with Gasteiger partial charge in [0.25, 0.3) is 5.79 Å². The van der Waals surface area contributed by atoms with Gasteiger partial charge in [0, 0.05) is 26.7 Å². The van der Waals surface area contributed by atoms with E-state index in [1.165, 1.54) is 13.8 Å². The summed E-state index contributed by atoms with van der Waals surface area (Å²) in [7, 11) is 0. The highest BCUT2D eigenvalue weighted by atomic mass is 16.7. The smallest absolute Gasteiger partial charge is 0.328 e. The van der Waals surface area contributed by atoms with Gasteiger partial charge >= 0.3 is 11.9 Å². The lowest BCUT2D eigenvalue weighted by molar-refractivity contribution is -0.250. The van der Waals surface area contributed by atoms with Gasteiger partial charge in [-0.15, -0.1) is 23.7 Å². The molecule has 0 N–H and O–H groups in total. The fourth-order valence-corrected chi connectivity index (χ4v) is 1.58. The second kappa shape index (κ2) is 5.14. The van der Waals surface area contributed by atoms with E-state index in [-0.39, 0.29) is 12.8 Å². The monoisotopic (exact) mass is 248 g/mol. The van der Waals surface area contributed by atoms with Crippen molar-refractivity contribution in [1.82, 2.24) is 0 Å². The molecule has 0 saturated carbocycles. The molecule has 0 aromatic heterocycles. The molecule has 0 radical (unpaired) electrons. The zero-order chi connectivity index (χ0) is 13.8. The van der Waals surface area contributed by atoms with Crippen LogP contribution in [-0.4, -0.2) is 17.7 Å². The van der Waals surface area contributed by atoms with Gasteiger partial charge in [-0.2, -0.15) is 0 Å². The van der Waals surface area contributed by atoms with Crippen molar-refractivity contribution in [3.63, 3.8) is 0 Å². The first-order valence-electron chi connectivity index (χ1n) is 5.64. The Morgan fingerprint density at radius 2 is 1.33 bits per heavy atom. The maximum atomic E-state index is 12.1. The fourth-order valence-electron chi connectivity index (χ4n) is 1.58. The number of carbonyl (C=O) groups excluding carboxylic acids is 2. The van der Waals surface area contributed by atoms with Crippen LogP contribution in [-0.2, 0) is 19.1 Å². The summed E-state index contributed by atoms with van der Waals surface area (Å²) in [4.78, 5) is 24.2. The van der Waals surface area contributed by atoms with E-state index in [9.17, 15) is 9.59 Å². The van der Waals surface area contributed by atoms with E-state index in [0.29, 0.717) is 0 Å². The lowest BCUT2D eigenvalue weighted by atomic mass is 9.80. The van der Waals surface area contributed by atoms with Crippen molar-refractivity contribution in [2.24, 2.45) is 5.41 Å². The van der Waals surface area contributed by atoms with Crippen LogP contribution in [0.4, 0.5) is 0 Å². The highest BCUT2D eigenvalue weighted by Gasteiger charge is 2.55. The van der Waals surface area contributed by atoms with Crippen LogP contribution in [0.1, 0.15) is 40.5 Å². The van der Waals surface area contributed by atoms with Gasteiger partial charge in [0.2, 0.25) is 0 Å². The Kier molecular flexibility index (Phi) is 4.03. The molecule has 0 bridgehead atoms. The number of rotatable bonds is 2. The maximum absolute atomic E-state index is 12.1. The molecule has 1 heterocycles. The van der Waals surface area contributed by atoms with Crippen molar-refractivity contribution < 1.29 is 19.1 Å². The Hall–Kier alpha value is -1.94. The molecule has 0 aromatic rings. The summed E-state index contributed by atoms with van der Waals surface area (Å²) in [6, 6.07) is 0. The Labute approximate surface area is 107 Å². The number of hydrogen-bond acceptors (Lipinski definition) is 4. The molecular weight excluding hydrogens is 232 g/mol. The average Bonchev–Trinajstić information content (AvgIpc) is 2.26. The zero-order valence-corrected chi connectivity index (χ0v) is 11.0. The molecule has 0 amide bonds. The van der Waals surface area contributed by atoms with Gasteiger partial charge in [-0.05, 0) is 13.8 Å². The van der Waals surface area contributed by atoms with Crippen molar-refractivity contribution in [3.05, 3.63) is 0 Å². The van der Waals surface area contributed by atoms with Gasteiger partial charge in [0.15, 0.2) is 5.41 Å². The molecule has 1 saturated heterocycles. The quantitative estimate of drug-likeness (QED) is 0.423. The first-order chi connectivity index (χ1) is 8.38.